The minimum absolute atomic E-state index is 0.287. The van der Waals surface area contributed by atoms with Crippen LogP contribution in [0, 0.1) is 0 Å². The molecule has 0 radical (unpaired) electrons. The molecule has 0 saturated heterocycles. The first-order chi connectivity index (χ1) is 16.0. The van der Waals surface area contributed by atoms with E-state index in [2.05, 4.69) is 34.7 Å². The van der Waals surface area contributed by atoms with Crippen LogP contribution < -0.4 is 21.1 Å². The van der Waals surface area contributed by atoms with Crippen molar-refractivity contribution in [2.45, 2.75) is 32.5 Å². The molecule has 3 heterocycles. The number of nitrogens with two attached hydrogens (primary N) is 1. The summed E-state index contributed by atoms with van der Waals surface area (Å²) >= 11 is 0. The predicted molar refractivity (Wildman–Crippen MR) is 126 cm³/mol. The van der Waals surface area contributed by atoms with Gasteiger partial charge < -0.3 is 21.1 Å². The maximum atomic E-state index is 11.9. The van der Waals surface area contributed by atoms with Gasteiger partial charge in [0.1, 0.15) is 11.3 Å². The van der Waals surface area contributed by atoms with Crippen LogP contribution in [0.4, 0.5) is 5.82 Å². The molecule has 1 amide bonds. The number of amides is 1. The number of rotatable bonds is 6. The van der Waals surface area contributed by atoms with Crippen LogP contribution in [-0.2, 0) is 19.5 Å². The molecule has 9 nitrogen and oxygen atoms in total. The largest absolute Gasteiger partial charge is 0.468 e. The second kappa shape index (κ2) is 8.51. The molecule has 0 bridgehead atoms. The standard InChI is InChI=1S/C24H25N7O2/c1-14-11-18-17(13-26-14)22(27-12-15-7-4-3-5-8-15)30-23(28-18)31-19-10-6-9-16(21(25)32)20(19)29-24(31)33-2/h3-10,14,26H,11-13H2,1-2H3,(H2,25,32)(H,27,28,30). The first-order valence-electron chi connectivity index (χ1n) is 10.8. The summed E-state index contributed by atoms with van der Waals surface area (Å²) in [6, 6.07) is 16.0. The Kier molecular flexibility index (Phi) is 5.39. The number of nitrogens with one attached hydrogen (secondary N) is 2. The molecule has 1 aliphatic heterocycles. The van der Waals surface area contributed by atoms with Crippen molar-refractivity contribution in [3.05, 3.63) is 70.9 Å². The van der Waals surface area contributed by atoms with E-state index in [0.717, 1.165) is 29.1 Å². The van der Waals surface area contributed by atoms with Gasteiger partial charge in [-0.25, -0.2) is 9.55 Å². The van der Waals surface area contributed by atoms with Gasteiger partial charge in [0.15, 0.2) is 0 Å². The van der Waals surface area contributed by atoms with Gasteiger partial charge in [-0.05, 0) is 24.6 Å². The van der Waals surface area contributed by atoms with Gasteiger partial charge in [-0.1, -0.05) is 36.4 Å². The van der Waals surface area contributed by atoms with Gasteiger partial charge in [0.2, 0.25) is 5.95 Å². The van der Waals surface area contributed by atoms with Gasteiger partial charge in [0.05, 0.1) is 23.9 Å². The molecule has 5 rings (SSSR count). The summed E-state index contributed by atoms with van der Waals surface area (Å²) in [5.74, 6) is 0.636. The molecule has 1 atom stereocenters. The molecule has 4 N–H and O–H groups in total. The number of carbonyl (C=O) groups excluding carboxylic acids is 1. The number of methoxy groups -OCH3 is 1. The van der Waals surface area contributed by atoms with Crippen LogP contribution in [0.1, 0.15) is 34.1 Å². The highest BCUT2D eigenvalue weighted by Crippen LogP contribution is 2.30. The summed E-state index contributed by atoms with van der Waals surface area (Å²) in [4.78, 5) is 26.2. The Morgan fingerprint density at radius 3 is 2.76 bits per heavy atom. The Balaban J connectivity index is 1.65. The average molecular weight is 444 g/mol. The maximum Gasteiger partial charge on any atom is 0.304 e. The van der Waals surface area contributed by atoms with E-state index in [1.165, 1.54) is 7.11 Å². The summed E-state index contributed by atoms with van der Waals surface area (Å²) in [5.41, 5.74) is 10.2. The van der Waals surface area contributed by atoms with E-state index in [0.29, 0.717) is 41.7 Å². The molecule has 33 heavy (non-hydrogen) atoms. The normalized spacial score (nSPS) is 15.3. The number of benzene rings is 2. The van der Waals surface area contributed by atoms with Crippen LogP contribution in [0.25, 0.3) is 17.0 Å². The van der Waals surface area contributed by atoms with E-state index >= 15 is 0 Å². The van der Waals surface area contributed by atoms with Gasteiger partial charge >= 0.3 is 6.01 Å². The van der Waals surface area contributed by atoms with Gasteiger partial charge in [-0.2, -0.15) is 9.97 Å². The monoisotopic (exact) mass is 443 g/mol. The molecule has 1 unspecified atom stereocenters. The zero-order valence-corrected chi connectivity index (χ0v) is 18.5. The summed E-state index contributed by atoms with van der Waals surface area (Å²) in [7, 11) is 1.53. The minimum atomic E-state index is -0.552. The Bertz CT molecular complexity index is 1330. The fraction of sp³-hybridized carbons (Fsp3) is 0.250. The Morgan fingerprint density at radius 2 is 2.00 bits per heavy atom. The van der Waals surface area contributed by atoms with Crippen molar-refractivity contribution in [1.29, 1.82) is 0 Å². The van der Waals surface area contributed by atoms with Gasteiger partial charge in [0, 0.05) is 31.1 Å². The van der Waals surface area contributed by atoms with Crippen molar-refractivity contribution in [2.75, 3.05) is 12.4 Å². The number of nitrogens with zero attached hydrogens (tertiary/aromatic N) is 4. The molecule has 0 aliphatic carbocycles. The van der Waals surface area contributed by atoms with Gasteiger partial charge in [-0.15, -0.1) is 0 Å². The van der Waals surface area contributed by atoms with E-state index in [1.807, 2.05) is 24.3 Å². The number of aromatic nitrogens is 4. The van der Waals surface area contributed by atoms with Crippen molar-refractivity contribution < 1.29 is 9.53 Å². The fourth-order valence-corrected chi connectivity index (χ4v) is 4.15. The predicted octanol–water partition coefficient (Wildman–Crippen LogP) is 2.57. The number of imidazole rings is 1. The van der Waals surface area contributed by atoms with E-state index in [9.17, 15) is 4.79 Å². The van der Waals surface area contributed by atoms with Crippen molar-refractivity contribution >= 4 is 22.8 Å². The molecule has 4 aromatic rings. The van der Waals surface area contributed by atoms with Crippen molar-refractivity contribution in [1.82, 2.24) is 24.8 Å². The third kappa shape index (κ3) is 3.87. The second-order valence-corrected chi connectivity index (χ2v) is 8.09. The second-order valence-electron chi connectivity index (χ2n) is 8.09. The third-order valence-electron chi connectivity index (χ3n) is 5.81. The summed E-state index contributed by atoms with van der Waals surface area (Å²) < 4.78 is 7.27. The molecule has 1 aliphatic rings. The molecule has 0 saturated carbocycles. The highest BCUT2D eigenvalue weighted by Gasteiger charge is 2.25. The van der Waals surface area contributed by atoms with E-state index in [-0.39, 0.29) is 6.01 Å². The third-order valence-corrected chi connectivity index (χ3v) is 5.81. The number of anilines is 1. The quantitative estimate of drug-likeness (QED) is 0.419. The van der Waals surface area contributed by atoms with Crippen molar-refractivity contribution in [2.24, 2.45) is 5.73 Å². The first kappa shape index (κ1) is 20.9. The van der Waals surface area contributed by atoms with Crippen molar-refractivity contribution in [3.63, 3.8) is 0 Å². The van der Waals surface area contributed by atoms with Gasteiger partial charge in [-0.3, -0.25) is 4.79 Å². The molecule has 2 aromatic heterocycles. The molecule has 168 valence electrons. The zero-order chi connectivity index (χ0) is 22.9. The first-order valence-corrected chi connectivity index (χ1v) is 10.8. The average Bonchev–Trinajstić information content (AvgIpc) is 3.21. The van der Waals surface area contributed by atoms with Crippen LogP contribution in [-0.4, -0.2) is 38.6 Å². The summed E-state index contributed by atoms with van der Waals surface area (Å²) in [6.45, 7) is 3.45. The highest BCUT2D eigenvalue weighted by molar-refractivity contribution is 6.04. The lowest BCUT2D eigenvalue weighted by Crippen LogP contribution is -2.34. The van der Waals surface area contributed by atoms with Crippen molar-refractivity contribution in [3.8, 4) is 12.0 Å². The highest BCUT2D eigenvalue weighted by atomic mass is 16.5. The van der Waals surface area contributed by atoms with Gasteiger partial charge in [0.25, 0.3) is 5.91 Å². The van der Waals surface area contributed by atoms with Crippen LogP contribution in [0.15, 0.2) is 48.5 Å². The molecule has 2 aromatic carbocycles. The molecule has 0 fully saturated rings. The molecular formula is C24H25N7O2. The Morgan fingerprint density at radius 1 is 1.18 bits per heavy atom. The Labute approximate surface area is 191 Å². The van der Waals surface area contributed by atoms with E-state index < -0.39 is 5.91 Å². The minimum Gasteiger partial charge on any atom is -0.468 e. The van der Waals surface area contributed by atoms with Crippen LogP contribution >= 0.6 is 0 Å². The summed E-state index contributed by atoms with van der Waals surface area (Å²) in [5, 5.41) is 6.97. The molecule has 9 heteroatoms. The Hall–Kier alpha value is -3.98. The summed E-state index contributed by atoms with van der Waals surface area (Å²) in [6.07, 6.45) is 0.770. The number of ether oxygens (including phenoxy) is 1. The van der Waals surface area contributed by atoms with E-state index in [1.54, 1.807) is 16.7 Å². The van der Waals surface area contributed by atoms with Crippen LogP contribution in [0.5, 0.6) is 6.01 Å². The number of fused-ring (bicyclic) bond motifs is 2. The van der Waals surface area contributed by atoms with Crippen LogP contribution in [0.3, 0.4) is 0 Å². The van der Waals surface area contributed by atoms with E-state index in [4.69, 9.17) is 20.4 Å². The zero-order valence-electron chi connectivity index (χ0n) is 18.5. The number of carbonyl (C=O) groups is 1. The SMILES string of the molecule is COc1nc2c(C(N)=O)cccc2n1-c1nc2c(c(NCc3ccccc3)n1)CNC(C)C2. The lowest BCUT2D eigenvalue weighted by molar-refractivity contribution is 0.100. The lowest BCUT2D eigenvalue weighted by atomic mass is 10.0. The lowest BCUT2D eigenvalue weighted by Gasteiger charge is -2.25. The number of primary amides is 1. The number of hydrogen-bond donors (Lipinski definition) is 3. The van der Waals surface area contributed by atoms with Crippen LogP contribution in [0.2, 0.25) is 0 Å². The fourth-order valence-electron chi connectivity index (χ4n) is 4.15. The topological polar surface area (TPSA) is 120 Å². The maximum absolute atomic E-state index is 11.9. The number of para-hydroxylation sites is 1. The molecular weight excluding hydrogens is 418 g/mol. The smallest absolute Gasteiger partial charge is 0.304 e. The molecule has 0 spiro atoms. The number of hydrogen-bond acceptors (Lipinski definition) is 7.